The van der Waals surface area contributed by atoms with Gasteiger partial charge >= 0.3 is 11.9 Å². The molecule has 0 aliphatic carbocycles. The van der Waals surface area contributed by atoms with Crippen molar-refractivity contribution in [2.24, 2.45) is 5.41 Å². The van der Waals surface area contributed by atoms with E-state index in [1.807, 2.05) is 6.92 Å². The molecule has 4 nitrogen and oxygen atoms in total. The van der Waals surface area contributed by atoms with Crippen LogP contribution in [-0.2, 0) is 19.1 Å². The molecule has 2 aliphatic heterocycles. The van der Waals surface area contributed by atoms with Gasteiger partial charge < -0.3 is 9.47 Å². The monoisotopic (exact) mass is 198 g/mol. The lowest BCUT2D eigenvalue weighted by atomic mass is 9.73. The molecule has 14 heavy (non-hydrogen) atoms. The number of hydrogen-bond donors (Lipinski definition) is 0. The fourth-order valence-corrected chi connectivity index (χ4v) is 2.21. The predicted molar refractivity (Wildman–Crippen MR) is 47.2 cm³/mol. The molecular weight excluding hydrogens is 184 g/mol. The molecule has 0 N–H and O–H groups in total. The first kappa shape index (κ1) is 9.49. The van der Waals surface area contributed by atoms with E-state index in [0.717, 1.165) is 19.3 Å². The second kappa shape index (κ2) is 3.26. The molecule has 0 bridgehead atoms. The molecule has 2 aliphatic rings. The highest BCUT2D eigenvalue weighted by molar-refractivity contribution is 5.73. The van der Waals surface area contributed by atoms with E-state index in [-0.39, 0.29) is 17.4 Å². The summed E-state index contributed by atoms with van der Waals surface area (Å²) in [5, 5.41) is 0. The number of rotatable bonds is 1. The summed E-state index contributed by atoms with van der Waals surface area (Å²) in [7, 11) is 0. The van der Waals surface area contributed by atoms with Crippen LogP contribution in [0.15, 0.2) is 0 Å². The molecule has 0 aromatic carbocycles. The largest absolute Gasteiger partial charge is 0.425 e. The number of carbonyl (C=O) groups is 2. The normalized spacial score (nSPS) is 37.1. The third kappa shape index (κ3) is 1.38. The molecule has 0 amide bonds. The van der Waals surface area contributed by atoms with Crippen LogP contribution in [0.2, 0.25) is 0 Å². The third-order valence-electron chi connectivity index (χ3n) is 3.34. The average molecular weight is 198 g/mol. The van der Waals surface area contributed by atoms with Crippen LogP contribution < -0.4 is 0 Å². The van der Waals surface area contributed by atoms with Gasteiger partial charge in [0.25, 0.3) is 6.29 Å². The Morgan fingerprint density at radius 2 is 1.71 bits per heavy atom. The lowest BCUT2D eigenvalue weighted by molar-refractivity contribution is -0.239. The first-order valence-electron chi connectivity index (χ1n) is 5.05. The van der Waals surface area contributed by atoms with E-state index < -0.39 is 6.29 Å². The molecule has 2 heterocycles. The Balaban J connectivity index is 2.18. The predicted octanol–water partition coefficient (Wildman–Crippen LogP) is 1.38. The van der Waals surface area contributed by atoms with Gasteiger partial charge in [0, 0.05) is 18.3 Å². The number of carbonyl (C=O) groups excluding carboxylic acids is 2. The summed E-state index contributed by atoms with van der Waals surface area (Å²) in [6.07, 6.45) is 2.71. The first-order valence-corrected chi connectivity index (χ1v) is 5.05. The number of hydrogen-bond acceptors (Lipinski definition) is 4. The molecule has 4 heteroatoms. The van der Waals surface area contributed by atoms with Gasteiger partial charge in [-0.1, -0.05) is 6.92 Å². The van der Waals surface area contributed by atoms with Gasteiger partial charge in [-0.25, -0.2) is 0 Å². The van der Waals surface area contributed by atoms with Crippen LogP contribution in [0.5, 0.6) is 0 Å². The SMILES string of the molecule is CCC12CCC(=O)OC1OC(=O)CC2. The molecule has 0 spiro atoms. The zero-order chi connectivity index (χ0) is 10.2. The number of fused-ring (bicyclic) bond motifs is 1. The summed E-state index contributed by atoms with van der Waals surface area (Å²) in [5.74, 6) is -0.512. The van der Waals surface area contributed by atoms with Crippen LogP contribution in [0.3, 0.4) is 0 Å². The van der Waals surface area contributed by atoms with Gasteiger partial charge in [-0.3, -0.25) is 9.59 Å². The fourth-order valence-electron chi connectivity index (χ4n) is 2.21. The smallest absolute Gasteiger partial charge is 0.308 e. The fraction of sp³-hybridized carbons (Fsp3) is 0.800. The molecule has 78 valence electrons. The van der Waals surface area contributed by atoms with Crippen LogP contribution in [0.4, 0.5) is 0 Å². The zero-order valence-electron chi connectivity index (χ0n) is 8.25. The molecule has 2 rings (SSSR count). The highest BCUT2D eigenvalue weighted by Crippen LogP contribution is 2.45. The molecule has 0 atom stereocenters. The molecule has 0 aromatic heterocycles. The second-order valence-electron chi connectivity index (χ2n) is 4.03. The number of ether oxygens (including phenoxy) is 2. The van der Waals surface area contributed by atoms with Gasteiger partial charge in [-0.05, 0) is 19.3 Å². The summed E-state index contributed by atoms with van der Waals surface area (Å²) in [6.45, 7) is 2.05. The van der Waals surface area contributed by atoms with Crippen molar-refractivity contribution in [3.63, 3.8) is 0 Å². The Kier molecular flexibility index (Phi) is 2.21. The molecule has 0 unspecified atom stereocenters. The maximum atomic E-state index is 11.1. The topological polar surface area (TPSA) is 52.6 Å². The lowest BCUT2D eigenvalue weighted by Gasteiger charge is -2.44. The quantitative estimate of drug-likeness (QED) is 0.597. The van der Waals surface area contributed by atoms with E-state index in [2.05, 4.69) is 0 Å². The van der Waals surface area contributed by atoms with Crippen molar-refractivity contribution in [2.75, 3.05) is 0 Å². The van der Waals surface area contributed by atoms with E-state index in [1.165, 1.54) is 0 Å². The zero-order valence-corrected chi connectivity index (χ0v) is 8.25. The summed E-state index contributed by atoms with van der Waals surface area (Å²) >= 11 is 0. The Hall–Kier alpha value is -1.06. The molecule has 0 saturated carbocycles. The Morgan fingerprint density at radius 1 is 1.21 bits per heavy atom. The third-order valence-corrected chi connectivity index (χ3v) is 3.34. The van der Waals surface area contributed by atoms with Crippen molar-refractivity contribution in [1.82, 2.24) is 0 Å². The molecular formula is C10H14O4. The molecule has 2 fully saturated rings. The molecule has 0 radical (unpaired) electrons. The van der Waals surface area contributed by atoms with E-state index in [9.17, 15) is 9.59 Å². The Morgan fingerprint density at radius 3 is 2.14 bits per heavy atom. The van der Waals surface area contributed by atoms with Crippen molar-refractivity contribution in [3.8, 4) is 0 Å². The van der Waals surface area contributed by atoms with Crippen molar-refractivity contribution < 1.29 is 19.1 Å². The minimum Gasteiger partial charge on any atom is -0.425 e. The maximum Gasteiger partial charge on any atom is 0.308 e. The Labute approximate surface area is 82.6 Å². The Bertz CT molecular complexity index is 249. The van der Waals surface area contributed by atoms with E-state index >= 15 is 0 Å². The van der Waals surface area contributed by atoms with Gasteiger partial charge in [0.15, 0.2) is 0 Å². The van der Waals surface area contributed by atoms with Crippen LogP contribution >= 0.6 is 0 Å². The summed E-state index contributed by atoms with van der Waals surface area (Å²) in [6, 6.07) is 0. The summed E-state index contributed by atoms with van der Waals surface area (Å²) in [5.41, 5.74) is -0.109. The van der Waals surface area contributed by atoms with Gasteiger partial charge in [0.2, 0.25) is 0 Å². The van der Waals surface area contributed by atoms with Crippen LogP contribution in [-0.4, -0.2) is 18.2 Å². The van der Waals surface area contributed by atoms with Crippen molar-refractivity contribution in [2.45, 2.75) is 45.3 Å². The molecule has 2 saturated heterocycles. The van der Waals surface area contributed by atoms with Crippen LogP contribution in [0.25, 0.3) is 0 Å². The van der Waals surface area contributed by atoms with Gasteiger partial charge in [0.05, 0.1) is 0 Å². The molecule has 0 aromatic rings. The van der Waals surface area contributed by atoms with E-state index in [0.29, 0.717) is 12.8 Å². The average Bonchev–Trinajstić information content (AvgIpc) is 2.18. The van der Waals surface area contributed by atoms with E-state index in [1.54, 1.807) is 0 Å². The summed E-state index contributed by atoms with van der Waals surface area (Å²) in [4.78, 5) is 22.1. The van der Waals surface area contributed by atoms with Crippen LogP contribution in [0, 0.1) is 5.41 Å². The first-order chi connectivity index (χ1) is 6.66. The van der Waals surface area contributed by atoms with Gasteiger partial charge in [0.1, 0.15) is 0 Å². The highest BCUT2D eigenvalue weighted by atomic mass is 16.7. The summed E-state index contributed by atoms with van der Waals surface area (Å²) < 4.78 is 10.1. The number of esters is 2. The van der Waals surface area contributed by atoms with E-state index in [4.69, 9.17) is 9.47 Å². The van der Waals surface area contributed by atoms with Gasteiger partial charge in [-0.2, -0.15) is 0 Å². The standard InChI is InChI=1S/C10H14O4/c1-2-10-5-3-7(11)13-9(10)14-8(12)4-6-10/h9H,2-6H2,1H3. The van der Waals surface area contributed by atoms with Crippen molar-refractivity contribution in [3.05, 3.63) is 0 Å². The van der Waals surface area contributed by atoms with Gasteiger partial charge in [-0.15, -0.1) is 0 Å². The minimum atomic E-state index is -0.630. The lowest BCUT2D eigenvalue weighted by Crippen LogP contribution is -2.48. The van der Waals surface area contributed by atoms with Crippen LogP contribution in [0.1, 0.15) is 39.0 Å². The minimum absolute atomic E-state index is 0.109. The maximum absolute atomic E-state index is 11.1. The van der Waals surface area contributed by atoms with Crippen molar-refractivity contribution >= 4 is 11.9 Å². The second-order valence-corrected chi connectivity index (χ2v) is 4.03. The highest BCUT2D eigenvalue weighted by Gasteiger charge is 2.48. The van der Waals surface area contributed by atoms with Crippen molar-refractivity contribution in [1.29, 1.82) is 0 Å².